The van der Waals surface area contributed by atoms with Gasteiger partial charge in [-0.25, -0.2) is 0 Å². The summed E-state index contributed by atoms with van der Waals surface area (Å²) in [7, 11) is 0. The first-order valence-corrected chi connectivity index (χ1v) is 12.2. The van der Waals surface area contributed by atoms with Crippen LogP contribution in [-0.4, -0.2) is 27.0 Å². The molecule has 0 radical (unpaired) electrons. The zero-order valence-corrected chi connectivity index (χ0v) is 20.1. The number of carbonyl (C=O) groups is 1. The summed E-state index contributed by atoms with van der Waals surface area (Å²) >= 11 is 4.50. The second-order valence-corrected chi connectivity index (χ2v) is 9.70. The maximum absolute atomic E-state index is 13.4. The van der Waals surface area contributed by atoms with Crippen LogP contribution >= 0.6 is 27.3 Å². The van der Waals surface area contributed by atoms with Gasteiger partial charge >= 0.3 is 0 Å². The highest BCUT2D eigenvalue weighted by Crippen LogP contribution is 2.37. The normalized spacial score (nSPS) is 14.8. The quantitative estimate of drug-likeness (QED) is 0.402. The first-order valence-electron chi connectivity index (χ1n) is 10.6. The molecule has 0 unspecified atom stereocenters. The third-order valence-corrected chi connectivity index (χ3v) is 7.10. The van der Waals surface area contributed by atoms with Crippen LogP contribution in [0.3, 0.4) is 0 Å². The van der Waals surface area contributed by atoms with Crippen LogP contribution in [0.15, 0.2) is 62.6 Å². The van der Waals surface area contributed by atoms with Crippen LogP contribution < -0.4 is 20.6 Å². The number of unbranched alkanes of at least 4 members (excludes halogenated alkanes) is 1. The number of thiazole rings is 1. The number of hydrogen-bond acceptors (Lipinski definition) is 6. The van der Waals surface area contributed by atoms with Gasteiger partial charge in [0.05, 0.1) is 11.3 Å². The van der Waals surface area contributed by atoms with E-state index < -0.39 is 11.1 Å². The van der Waals surface area contributed by atoms with Crippen molar-refractivity contribution >= 4 is 49.4 Å². The number of amides is 1. The van der Waals surface area contributed by atoms with Gasteiger partial charge < -0.3 is 4.90 Å². The van der Waals surface area contributed by atoms with Gasteiger partial charge in [-0.1, -0.05) is 70.9 Å². The summed E-state index contributed by atoms with van der Waals surface area (Å²) in [5.41, 5.74) is 1.99. The Morgan fingerprint density at radius 3 is 2.61 bits per heavy atom. The molecule has 9 heteroatoms. The molecule has 1 aliphatic rings. The summed E-state index contributed by atoms with van der Waals surface area (Å²) in [5.74, 6) is -0.215. The predicted octanol–water partition coefficient (Wildman–Crippen LogP) is 2.93. The molecular formula is C24H19BrN4O3S. The molecule has 0 bridgehead atoms. The minimum absolute atomic E-state index is 0.181. The molecule has 166 valence electrons. The fraction of sp³-hybridized carbons (Fsp3) is 0.208. The van der Waals surface area contributed by atoms with Gasteiger partial charge in [-0.2, -0.15) is 14.6 Å². The van der Waals surface area contributed by atoms with Crippen LogP contribution in [-0.2, 0) is 11.2 Å². The molecule has 2 aromatic carbocycles. The van der Waals surface area contributed by atoms with Gasteiger partial charge in [0.25, 0.3) is 17.0 Å². The summed E-state index contributed by atoms with van der Waals surface area (Å²) < 4.78 is 2.20. The summed E-state index contributed by atoms with van der Waals surface area (Å²) in [6.45, 7) is 2.64. The Labute approximate surface area is 201 Å². The van der Waals surface area contributed by atoms with Crippen LogP contribution in [0.1, 0.15) is 36.6 Å². The highest BCUT2D eigenvalue weighted by atomic mass is 79.9. The largest absolute Gasteiger partial charge is 0.308 e. The summed E-state index contributed by atoms with van der Waals surface area (Å²) in [5, 5.41) is 4.32. The highest BCUT2D eigenvalue weighted by Gasteiger charge is 2.34. The van der Waals surface area contributed by atoms with E-state index in [1.54, 1.807) is 4.90 Å². The third kappa shape index (κ3) is 3.81. The van der Waals surface area contributed by atoms with E-state index in [2.05, 4.69) is 32.9 Å². The monoisotopic (exact) mass is 522 g/mol. The number of rotatable bonds is 5. The molecule has 3 heterocycles. The van der Waals surface area contributed by atoms with Crippen molar-refractivity contribution in [1.82, 2.24) is 14.6 Å². The number of aromatic nitrogens is 3. The summed E-state index contributed by atoms with van der Waals surface area (Å²) in [6.07, 6.45) is 2.07. The maximum Gasteiger partial charge on any atom is 0.296 e. The lowest BCUT2D eigenvalue weighted by molar-refractivity contribution is -0.113. The van der Waals surface area contributed by atoms with Crippen molar-refractivity contribution in [2.45, 2.75) is 26.2 Å². The number of fused-ring (bicyclic) bond motifs is 2. The van der Waals surface area contributed by atoms with E-state index in [9.17, 15) is 14.4 Å². The highest BCUT2D eigenvalue weighted by molar-refractivity contribution is 9.10. The van der Waals surface area contributed by atoms with E-state index in [4.69, 9.17) is 0 Å². The lowest BCUT2D eigenvalue weighted by Crippen LogP contribution is -2.33. The summed E-state index contributed by atoms with van der Waals surface area (Å²) in [4.78, 5) is 45.4. The number of anilines is 1. The van der Waals surface area contributed by atoms with Gasteiger partial charge in [-0.05, 0) is 30.2 Å². The zero-order valence-electron chi connectivity index (χ0n) is 17.7. The maximum atomic E-state index is 13.4. The molecule has 33 heavy (non-hydrogen) atoms. The Kier molecular flexibility index (Phi) is 5.67. The van der Waals surface area contributed by atoms with Gasteiger partial charge in [0, 0.05) is 23.0 Å². The van der Waals surface area contributed by atoms with Gasteiger partial charge in [0.1, 0.15) is 10.2 Å². The Balaban J connectivity index is 1.71. The SMILES string of the molecule is CCCCN1C(=O)C(=c2sc3nc(=O)c(Cc4ccccc4)nn3c2=O)c2cc(Br)ccc21. The first-order chi connectivity index (χ1) is 16.0. The van der Waals surface area contributed by atoms with Gasteiger partial charge in [0.15, 0.2) is 0 Å². The number of hydrogen-bond donors (Lipinski definition) is 0. The van der Waals surface area contributed by atoms with Crippen LogP contribution in [0, 0.1) is 0 Å². The topological polar surface area (TPSA) is 84.6 Å². The third-order valence-electron chi connectivity index (χ3n) is 5.58. The van der Waals surface area contributed by atoms with Gasteiger partial charge in [-0.3, -0.25) is 14.4 Å². The van der Waals surface area contributed by atoms with E-state index in [1.165, 1.54) is 0 Å². The standard InChI is InChI=1S/C24H19BrN4O3S/c1-2-3-11-28-18-10-9-15(25)13-16(18)19(22(28)31)20-23(32)29-24(33-20)26-21(30)17(27-29)12-14-7-5-4-6-8-14/h4-10,13H,2-3,11-12H2,1H3. The van der Waals surface area contributed by atoms with E-state index in [0.717, 1.165) is 44.4 Å². The fourth-order valence-corrected chi connectivity index (χ4v) is 5.31. The second-order valence-electron chi connectivity index (χ2n) is 7.80. The predicted molar refractivity (Wildman–Crippen MR) is 132 cm³/mol. The molecule has 0 fully saturated rings. The van der Waals surface area contributed by atoms with Crippen molar-refractivity contribution in [3.8, 4) is 0 Å². The molecule has 2 aromatic heterocycles. The zero-order chi connectivity index (χ0) is 23.1. The minimum atomic E-state index is -0.470. The molecule has 1 aliphatic heterocycles. The van der Waals surface area contributed by atoms with E-state index >= 15 is 0 Å². The molecule has 0 aliphatic carbocycles. The minimum Gasteiger partial charge on any atom is -0.308 e. The molecule has 5 rings (SSSR count). The Morgan fingerprint density at radius 1 is 1.06 bits per heavy atom. The molecule has 0 atom stereocenters. The van der Waals surface area contributed by atoms with E-state index in [1.807, 2.05) is 48.5 Å². The van der Waals surface area contributed by atoms with Crippen LogP contribution in [0.5, 0.6) is 0 Å². The Hall–Kier alpha value is -3.17. The Morgan fingerprint density at radius 2 is 1.85 bits per heavy atom. The molecular weight excluding hydrogens is 504 g/mol. The molecule has 4 aromatic rings. The second kappa shape index (κ2) is 8.64. The van der Waals surface area contributed by atoms with Gasteiger partial charge in [0.2, 0.25) is 4.96 Å². The van der Waals surface area contributed by atoms with Gasteiger partial charge in [-0.15, -0.1) is 0 Å². The fourth-order valence-electron chi connectivity index (χ4n) is 3.95. The average molecular weight is 523 g/mol. The smallest absolute Gasteiger partial charge is 0.296 e. The molecule has 7 nitrogen and oxygen atoms in total. The Bertz CT molecular complexity index is 1560. The van der Waals surface area contributed by atoms with Crippen molar-refractivity contribution in [2.75, 3.05) is 11.4 Å². The molecule has 0 saturated carbocycles. The van der Waals surface area contributed by atoms with E-state index in [0.29, 0.717) is 17.7 Å². The van der Waals surface area contributed by atoms with Crippen molar-refractivity contribution in [3.63, 3.8) is 0 Å². The molecule has 0 N–H and O–H groups in total. The van der Waals surface area contributed by atoms with Crippen molar-refractivity contribution in [1.29, 1.82) is 0 Å². The van der Waals surface area contributed by atoms with Crippen molar-refractivity contribution < 1.29 is 4.79 Å². The molecule has 0 spiro atoms. The van der Waals surface area contributed by atoms with Crippen LogP contribution in [0.2, 0.25) is 0 Å². The summed E-state index contributed by atoms with van der Waals surface area (Å²) in [6, 6.07) is 15.0. The molecule has 1 amide bonds. The average Bonchev–Trinajstić information content (AvgIpc) is 3.25. The van der Waals surface area contributed by atoms with Crippen molar-refractivity contribution in [2.24, 2.45) is 0 Å². The van der Waals surface area contributed by atoms with Crippen molar-refractivity contribution in [3.05, 3.63) is 95.1 Å². The molecule has 0 saturated heterocycles. The lowest BCUT2D eigenvalue weighted by Gasteiger charge is -2.16. The number of nitrogens with zero attached hydrogens (tertiary/aromatic N) is 4. The number of halogens is 1. The first kappa shape index (κ1) is 21.7. The number of benzene rings is 2. The number of carbonyl (C=O) groups excluding carboxylic acids is 1. The van der Waals surface area contributed by atoms with Crippen LogP contribution in [0.4, 0.5) is 5.69 Å². The van der Waals surface area contributed by atoms with Crippen LogP contribution in [0.25, 0.3) is 10.5 Å². The van der Waals surface area contributed by atoms with E-state index in [-0.39, 0.29) is 27.5 Å². The lowest BCUT2D eigenvalue weighted by atomic mass is 10.1.